The van der Waals surface area contributed by atoms with E-state index in [1.807, 2.05) is 0 Å². The summed E-state index contributed by atoms with van der Waals surface area (Å²) in [7, 11) is 0. The first-order chi connectivity index (χ1) is 10.4. The van der Waals surface area contributed by atoms with Crippen molar-refractivity contribution in [1.29, 1.82) is 0 Å². The van der Waals surface area contributed by atoms with E-state index in [9.17, 15) is 9.59 Å². The Hall–Kier alpha value is -1.50. The van der Waals surface area contributed by atoms with Crippen LogP contribution >= 0.6 is 23.2 Å². The lowest BCUT2D eigenvalue weighted by molar-refractivity contribution is -0.138. The fraction of sp³-hybridized carbons (Fsp3) is 0.429. The molecule has 1 aromatic rings. The number of carbonyl (C=O) groups excluding carboxylic acids is 1. The number of benzene rings is 1. The number of rotatable bonds is 8. The van der Waals surface area contributed by atoms with Crippen LogP contribution in [0.2, 0.25) is 10.0 Å². The summed E-state index contributed by atoms with van der Waals surface area (Å²) in [4.78, 5) is 22.0. The number of nitrogens with one attached hydrogen (secondary N) is 1. The number of nitrogens with two attached hydrogens (primary N) is 1. The van der Waals surface area contributed by atoms with Crippen molar-refractivity contribution in [2.24, 2.45) is 5.73 Å². The predicted octanol–water partition coefficient (Wildman–Crippen LogP) is 2.80. The number of unbranched alkanes of at least 4 members (excludes halogenated alkanes) is 1. The molecule has 0 bridgehead atoms. The molecule has 0 aromatic heterocycles. The van der Waals surface area contributed by atoms with Crippen LogP contribution in [0.15, 0.2) is 18.2 Å². The maximum atomic E-state index is 11.5. The number of amides is 1. The monoisotopic (exact) mass is 348 g/mol. The van der Waals surface area contributed by atoms with E-state index in [-0.39, 0.29) is 6.61 Å². The van der Waals surface area contributed by atoms with Gasteiger partial charge in [-0.15, -0.1) is 0 Å². The highest BCUT2D eigenvalue weighted by Crippen LogP contribution is 2.21. The quantitative estimate of drug-likeness (QED) is 0.627. The molecule has 8 heteroatoms. The molecule has 0 radical (unpaired) electrons. The summed E-state index contributed by atoms with van der Waals surface area (Å²) in [5, 5.41) is 12.1. The number of halogens is 2. The molecule has 122 valence electrons. The molecule has 22 heavy (non-hydrogen) atoms. The van der Waals surface area contributed by atoms with Crippen LogP contribution in [-0.4, -0.2) is 29.8 Å². The smallest absolute Gasteiger partial charge is 0.407 e. The Labute approximate surface area is 138 Å². The number of carboxylic acids is 1. The molecular weight excluding hydrogens is 331 g/mol. The van der Waals surface area contributed by atoms with Crippen LogP contribution in [0.4, 0.5) is 4.79 Å². The molecule has 0 saturated carbocycles. The Balaban J connectivity index is 2.17. The first-order valence-corrected chi connectivity index (χ1v) is 7.48. The van der Waals surface area contributed by atoms with Crippen LogP contribution in [0.1, 0.15) is 24.8 Å². The van der Waals surface area contributed by atoms with Crippen LogP contribution < -0.4 is 11.1 Å². The van der Waals surface area contributed by atoms with E-state index in [0.717, 1.165) is 0 Å². The first-order valence-electron chi connectivity index (χ1n) is 6.73. The van der Waals surface area contributed by atoms with Gasteiger partial charge in [-0.25, -0.2) is 4.79 Å². The molecule has 0 heterocycles. The van der Waals surface area contributed by atoms with Gasteiger partial charge < -0.3 is 20.9 Å². The van der Waals surface area contributed by atoms with E-state index in [0.29, 0.717) is 41.4 Å². The predicted molar refractivity (Wildman–Crippen MR) is 84.1 cm³/mol. The van der Waals surface area contributed by atoms with E-state index >= 15 is 0 Å². The number of ether oxygens (including phenoxy) is 1. The maximum absolute atomic E-state index is 11.5. The third kappa shape index (κ3) is 6.98. The Kier molecular flexibility index (Phi) is 8.01. The van der Waals surface area contributed by atoms with Gasteiger partial charge in [0.25, 0.3) is 0 Å². The largest absolute Gasteiger partial charge is 0.480 e. The Morgan fingerprint density at radius 2 is 2.05 bits per heavy atom. The number of hydrogen-bond donors (Lipinski definition) is 3. The number of alkyl carbamates (subject to hydrolysis) is 1. The molecule has 1 atom stereocenters. The van der Waals surface area contributed by atoms with Gasteiger partial charge >= 0.3 is 12.1 Å². The first kappa shape index (κ1) is 18.5. The number of carboxylic acid groups (broad SMARTS) is 1. The highest BCUT2D eigenvalue weighted by atomic mass is 35.5. The molecule has 6 nitrogen and oxygen atoms in total. The van der Waals surface area contributed by atoms with Crippen molar-refractivity contribution in [3.05, 3.63) is 33.8 Å². The molecule has 0 spiro atoms. The molecular formula is C14H18Cl2N2O4. The summed E-state index contributed by atoms with van der Waals surface area (Å²) in [6, 6.07) is 4.06. The van der Waals surface area contributed by atoms with Gasteiger partial charge in [0.2, 0.25) is 0 Å². The van der Waals surface area contributed by atoms with Gasteiger partial charge in [-0.3, -0.25) is 4.79 Å². The van der Waals surface area contributed by atoms with Crippen molar-refractivity contribution in [2.75, 3.05) is 6.54 Å². The number of aliphatic carboxylic acids is 1. The number of carbonyl (C=O) groups is 2. The van der Waals surface area contributed by atoms with Crippen LogP contribution in [0, 0.1) is 0 Å². The zero-order valence-corrected chi connectivity index (χ0v) is 13.4. The summed E-state index contributed by atoms with van der Waals surface area (Å²) >= 11 is 11.7. The van der Waals surface area contributed by atoms with E-state index < -0.39 is 18.1 Å². The van der Waals surface area contributed by atoms with E-state index in [4.69, 9.17) is 38.8 Å². The van der Waals surface area contributed by atoms with Crippen LogP contribution in [-0.2, 0) is 16.1 Å². The number of hydrogen-bond acceptors (Lipinski definition) is 4. The van der Waals surface area contributed by atoms with Crippen LogP contribution in [0.25, 0.3) is 0 Å². The molecule has 0 aliphatic carbocycles. The molecule has 0 aliphatic rings. The third-order valence-electron chi connectivity index (χ3n) is 2.90. The molecule has 4 N–H and O–H groups in total. The summed E-state index contributed by atoms with van der Waals surface area (Å²) in [5.41, 5.74) is 6.02. The van der Waals surface area contributed by atoms with Gasteiger partial charge in [-0.2, -0.15) is 0 Å². The van der Waals surface area contributed by atoms with Crippen molar-refractivity contribution in [1.82, 2.24) is 5.32 Å². The van der Waals surface area contributed by atoms with E-state index in [2.05, 4.69) is 5.32 Å². The van der Waals surface area contributed by atoms with Gasteiger partial charge in [-0.05, 0) is 31.4 Å². The third-order valence-corrected chi connectivity index (χ3v) is 3.49. The van der Waals surface area contributed by atoms with Gasteiger partial charge in [0.05, 0.1) is 0 Å². The minimum Gasteiger partial charge on any atom is -0.480 e. The molecule has 1 amide bonds. The van der Waals surface area contributed by atoms with Crippen LogP contribution in [0.3, 0.4) is 0 Å². The molecule has 0 saturated heterocycles. The second kappa shape index (κ2) is 9.50. The van der Waals surface area contributed by atoms with E-state index in [1.165, 1.54) is 0 Å². The summed E-state index contributed by atoms with van der Waals surface area (Å²) in [5.74, 6) is -1.02. The lowest BCUT2D eigenvalue weighted by Crippen LogP contribution is -2.30. The Bertz CT molecular complexity index is 526. The highest BCUT2D eigenvalue weighted by Gasteiger charge is 2.10. The SMILES string of the molecule is N[C@H](CCCCNC(=O)OCc1ccc(Cl)cc1Cl)C(=O)O. The molecule has 0 aliphatic heterocycles. The second-order valence-electron chi connectivity index (χ2n) is 4.68. The van der Waals surface area contributed by atoms with Gasteiger partial charge in [0.15, 0.2) is 0 Å². The molecule has 1 aromatic carbocycles. The van der Waals surface area contributed by atoms with Crippen molar-refractivity contribution >= 4 is 35.3 Å². The summed E-state index contributed by atoms with van der Waals surface area (Å²) in [6.07, 6.45) is 1.04. The molecule has 1 rings (SSSR count). The van der Waals surface area contributed by atoms with Gasteiger partial charge in [0, 0.05) is 22.2 Å². The van der Waals surface area contributed by atoms with Gasteiger partial charge in [-0.1, -0.05) is 29.3 Å². The fourth-order valence-corrected chi connectivity index (χ4v) is 2.10. The lowest BCUT2D eigenvalue weighted by atomic mass is 10.1. The summed E-state index contributed by atoms with van der Waals surface area (Å²) in [6.45, 7) is 0.436. The molecule has 0 unspecified atom stereocenters. The van der Waals surface area contributed by atoms with Crippen molar-refractivity contribution in [3.8, 4) is 0 Å². The fourth-order valence-electron chi connectivity index (χ4n) is 1.64. The zero-order chi connectivity index (χ0) is 16.5. The minimum atomic E-state index is -1.02. The Morgan fingerprint density at radius 3 is 2.68 bits per heavy atom. The van der Waals surface area contributed by atoms with Gasteiger partial charge in [0.1, 0.15) is 12.6 Å². The average molecular weight is 349 g/mol. The topological polar surface area (TPSA) is 102 Å². The second-order valence-corrected chi connectivity index (χ2v) is 5.52. The summed E-state index contributed by atoms with van der Waals surface area (Å²) < 4.78 is 5.02. The van der Waals surface area contributed by atoms with Crippen molar-refractivity contribution < 1.29 is 19.4 Å². The van der Waals surface area contributed by atoms with Crippen molar-refractivity contribution in [3.63, 3.8) is 0 Å². The van der Waals surface area contributed by atoms with Crippen molar-refractivity contribution in [2.45, 2.75) is 31.9 Å². The van der Waals surface area contributed by atoms with Crippen LogP contribution in [0.5, 0.6) is 0 Å². The lowest BCUT2D eigenvalue weighted by Gasteiger charge is -2.09. The standard InChI is InChI=1S/C14H18Cl2N2O4/c15-10-5-4-9(11(16)7-10)8-22-14(21)18-6-2-1-3-12(17)13(19)20/h4-5,7,12H,1-3,6,8,17H2,(H,18,21)(H,19,20)/t12-/m1/s1. The molecule has 0 fully saturated rings. The normalized spacial score (nSPS) is 11.8. The van der Waals surface area contributed by atoms with E-state index in [1.54, 1.807) is 18.2 Å². The Morgan fingerprint density at radius 1 is 1.32 bits per heavy atom. The highest BCUT2D eigenvalue weighted by molar-refractivity contribution is 6.35. The maximum Gasteiger partial charge on any atom is 0.407 e. The zero-order valence-electron chi connectivity index (χ0n) is 11.9. The average Bonchev–Trinajstić information content (AvgIpc) is 2.45. The minimum absolute atomic E-state index is 0.0473.